The van der Waals surface area contributed by atoms with Gasteiger partial charge in [0.15, 0.2) is 0 Å². The number of ether oxygens (including phenoxy) is 1. The highest BCUT2D eigenvalue weighted by Crippen LogP contribution is 2.23. The van der Waals surface area contributed by atoms with Crippen LogP contribution in [0.25, 0.3) is 0 Å². The second-order valence-electron chi connectivity index (χ2n) is 6.50. The van der Waals surface area contributed by atoms with Gasteiger partial charge in [0.1, 0.15) is 5.75 Å². The van der Waals surface area contributed by atoms with Gasteiger partial charge >= 0.3 is 0 Å². The Morgan fingerprint density at radius 2 is 1.92 bits per heavy atom. The Morgan fingerprint density at radius 3 is 2.62 bits per heavy atom. The molecule has 1 amide bonds. The van der Waals surface area contributed by atoms with Crippen molar-refractivity contribution in [3.63, 3.8) is 0 Å². The topological polar surface area (TPSA) is 44.8 Å². The van der Waals surface area contributed by atoms with Gasteiger partial charge in [-0.15, -0.1) is 0 Å². The van der Waals surface area contributed by atoms with Gasteiger partial charge in [0, 0.05) is 37.9 Å². The molecule has 2 aromatic rings. The van der Waals surface area contributed by atoms with Gasteiger partial charge < -0.3 is 15.0 Å². The normalized spacial score (nSPS) is 15.0. The monoisotopic (exact) mass is 373 g/mol. The third-order valence-electron chi connectivity index (χ3n) is 4.56. The first-order valence-electron chi connectivity index (χ1n) is 8.72. The van der Waals surface area contributed by atoms with Crippen LogP contribution in [0.5, 0.6) is 5.75 Å². The number of halogens is 1. The SMILES string of the molecule is COc1cccc(N2CCN(CC(=O)Nc3ccc(C)cc3Cl)CC2)c1. The number of hydrogen-bond donors (Lipinski definition) is 1. The van der Waals surface area contributed by atoms with E-state index in [9.17, 15) is 4.79 Å². The van der Waals surface area contributed by atoms with Crippen molar-refractivity contribution in [3.05, 3.63) is 53.1 Å². The highest BCUT2D eigenvalue weighted by Gasteiger charge is 2.19. The minimum atomic E-state index is -0.0365. The molecule has 1 fully saturated rings. The van der Waals surface area contributed by atoms with Crippen LogP contribution in [0.15, 0.2) is 42.5 Å². The fraction of sp³-hybridized carbons (Fsp3) is 0.350. The Labute approximate surface area is 159 Å². The van der Waals surface area contributed by atoms with Gasteiger partial charge in [0.05, 0.1) is 24.4 Å². The van der Waals surface area contributed by atoms with Gasteiger partial charge in [0.25, 0.3) is 0 Å². The summed E-state index contributed by atoms with van der Waals surface area (Å²) in [7, 11) is 1.68. The van der Waals surface area contributed by atoms with E-state index in [0.29, 0.717) is 17.3 Å². The minimum Gasteiger partial charge on any atom is -0.497 e. The molecule has 0 bridgehead atoms. The molecule has 0 atom stereocenters. The molecule has 3 rings (SSSR count). The summed E-state index contributed by atoms with van der Waals surface area (Å²) in [4.78, 5) is 16.8. The summed E-state index contributed by atoms with van der Waals surface area (Å²) in [6.45, 7) is 5.78. The number of nitrogens with zero attached hydrogens (tertiary/aromatic N) is 2. The van der Waals surface area contributed by atoms with E-state index in [4.69, 9.17) is 16.3 Å². The van der Waals surface area contributed by atoms with Crippen LogP contribution in [0.4, 0.5) is 11.4 Å². The summed E-state index contributed by atoms with van der Waals surface area (Å²) >= 11 is 6.18. The molecule has 6 heteroatoms. The van der Waals surface area contributed by atoms with Gasteiger partial charge in [-0.05, 0) is 36.8 Å². The van der Waals surface area contributed by atoms with Gasteiger partial charge in [0.2, 0.25) is 5.91 Å². The molecular formula is C20H24ClN3O2. The van der Waals surface area contributed by atoms with Gasteiger partial charge in [-0.2, -0.15) is 0 Å². The summed E-state index contributed by atoms with van der Waals surface area (Å²) in [5.74, 6) is 0.824. The second-order valence-corrected chi connectivity index (χ2v) is 6.90. The number of benzene rings is 2. The molecule has 0 aliphatic carbocycles. The minimum absolute atomic E-state index is 0.0365. The zero-order valence-corrected chi connectivity index (χ0v) is 15.9. The van der Waals surface area contributed by atoms with Crippen molar-refractivity contribution in [2.45, 2.75) is 6.92 Å². The fourth-order valence-electron chi connectivity index (χ4n) is 3.09. The van der Waals surface area contributed by atoms with E-state index in [-0.39, 0.29) is 5.91 Å². The quantitative estimate of drug-likeness (QED) is 0.872. The maximum atomic E-state index is 12.3. The molecular weight excluding hydrogens is 350 g/mol. The Morgan fingerprint density at radius 1 is 1.15 bits per heavy atom. The van der Waals surface area contributed by atoms with Crippen molar-refractivity contribution in [2.75, 3.05) is 50.1 Å². The molecule has 0 saturated carbocycles. The molecule has 0 radical (unpaired) electrons. The molecule has 0 unspecified atom stereocenters. The maximum absolute atomic E-state index is 12.3. The number of rotatable bonds is 5. The third kappa shape index (κ3) is 4.68. The molecule has 1 heterocycles. The molecule has 0 spiro atoms. The van der Waals surface area contributed by atoms with E-state index in [2.05, 4.69) is 21.2 Å². The molecule has 0 aromatic heterocycles. The molecule has 1 N–H and O–H groups in total. The van der Waals surface area contributed by atoms with E-state index in [1.807, 2.05) is 43.3 Å². The largest absolute Gasteiger partial charge is 0.497 e. The van der Waals surface area contributed by atoms with Gasteiger partial charge in [-0.25, -0.2) is 0 Å². The van der Waals surface area contributed by atoms with Crippen molar-refractivity contribution in [3.8, 4) is 5.75 Å². The van der Waals surface area contributed by atoms with E-state index in [0.717, 1.165) is 43.2 Å². The van der Waals surface area contributed by atoms with Gasteiger partial charge in [-0.3, -0.25) is 9.69 Å². The Balaban J connectivity index is 1.51. The van der Waals surface area contributed by atoms with Crippen LogP contribution in [0, 0.1) is 6.92 Å². The second kappa shape index (κ2) is 8.43. The molecule has 1 saturated heterocycles. The van der Waals surface area contributed by atoms with E-state index >= 15 is 0 Å². The zero-order chi connectivity index (χ0) is 18.5. The van der Waals surface area contributed by atoms with Crippen molar-refractivity contribution in [2.24, 2.45) is 0 Å². The summed E-state index contributed by atoms with van der Waals surface area (Å²) in [5, 5.41) is 3.47. The van der Waals surface area contributed by atoms with Crippen LogP contribution in [0.3, 0.4) is 0 Å². The van der Waals surface area contributed by atoms with Crippen molar-refractivity contribution in [1.82, 2.24) is 4.90 Å². The fourth-order valence-corrected chi connectivity index (χ4v) is 3.37. The number of methoxy groups -OCH3 is 1. The van der Waals surface area contributed by atoms with E-state index in [1.54, 1.807) is 7.11 Å². The Bertz CT molecular complexity index is 773. The Hall–Kier alpha value is -2.24. The number of aryl methyl sites for hydroxylation is 1. The van der Waals surface area contributed by atoms with Crippen LogP contribution < -0.4 is 15.0 Å². The smallest absolute Gasteiger partial charge is 0.238 e. The van der Waals surface area contributed by atoms with Crippen LogP contribution >= 0.6 is 11.6 Å². The maximum Gasteiger partial charge on any atom is 0.238 e. The summed E-state index contributed by atoms with van der Waals surface area (Å²) in [6.07, 6.45) is 0. The lowest BCUT2D eigenvalue weighted by Gasteiger charge is -2.35. The lowest BCUT2D eigenvalue weighted by atomic mass is 10.2. The molecule has 26 heavy (non-hydrogen) atoms. The van der Waals surface area contributed by atoms with Crippen LogP contribution in [-0.4, -0.2) is 50.6 Å². The van der Waals surface area contributed by atoms with Crippen LogP contribution in [-0.2, 0) is 4.79 Å². The van der Waals surface area contributed by atoms with E-state index < -0.39 is 0 Å². The summed E-state index contributed by atoms with van der Waals surface area (Å²) in [5.41, 5.74) is 2.89. The lowest BCUT2D eigenvalue weighted by Crippen LogP contribution is -2.48. The highest BCUT2D eigenvalue weighted by atomic mass is 35.5. The van der Waals surface area contributed by atoms with Gasteiger partial charge in [-0.1, -0.05) is 23.7 Å². The first-order valence-corrected chi connectivity index (χ1v) is 9.10. The number of carbonyl (C=O) groups excluding carboxylic acids is 1. The molecule has 138 valence electrons. The third-order valence-corrected chi connectivity index (χ3v) is 4.87. The average Bonchev–Trinajstić information content (AvgIpc) is 2.65. The molecule has 2 aromatic carbocycles. The zero-order valence-electron chi connectivity index (χ0n) is 15.2. The highest BCUT2D eigenvalue weighted by molar-refractivity contribution is 6.33. The number of anilines is 2. The number of carbonyl (C=O) groups is 1. The average molecular weight is 374 g/mol. The Kier molecular flexibility index (Phi) is 6.01. The first-order chi connectivity index (χ1) is 12.5. The summed E-state index contributed by atoms with van der Waals surface area (Å²) in [6, 6.07) is 13.7. The standard InChI is InChI=1S/C20H24ClN3O2/c1-15-6-7-19(18(21)12-15)22-20(25)14-23-8-10-24(11-9-23)16-4-3-5-17(13-16)26-2/h3-7,12-13H,8-11,14H2,1-2H3,(H,22,25). The molecule has 1 aliphatic heterocycles. The number of nitrogens with one attached hydrogen (secondary N) is 1. The van der Waals surface area contributed by atoms with E-state index in [1.165, 1.54) is 0 Å². The predicted molar refractivity (Wildman–Crippen MR) is 106 cm³/mol. The van der Waals surface area contributed by atoms with Crippen molar-refractivity contribution < 1.29 is 9.53 Å². The molecule has 1 aliphatic rings. The lowest BCUT2D eigenvalue weighted by molar-refractivity contribution is -0.117. The summed E-state index contributed by atoms with van der Waals surface area (Å²) < 4.78 is 5.29. The van der Waals surface area contributed by atoms with Crippen LogP contribution in [0.1, 0.15) is 5.56 Å². The molecule has 5 nitrogen and oxygen atoms in total. The first kappa shape index (κ1) is 18.5. The van der Waals surface area contributed by atoms with Crippen molar-refractivity contribution >= 4 is 28.9 Å². The number of amides is 1. The predicted octanol–water partition coefficient (Wildman–Crippen LogP) is 3.42. The number of piperazine rings is 1. The van der Waals surface area contributed by atoms with Crippen LogP contribution in [0.2, 0.25) is 5.02 Å². The van der Waals surface area contributed by atoms with Crippen molar-refractivity contribution in [1.29, 1.82) is 0 Å². The number of hydrogen-bond acceptors (Lipinski definition) is 4.